The summed E-state index contributed by atoms with van der Waals surface area (Å²) < 4.78 is 0. The highest BCUT2D eigenvalue weighted by Crippen LogP contribution is 2.42. The van der Waals surface area contributed by atoms with Gasteiger partial charge in [0.15, 0.2) is 5.72 Å². The Hall–Kier alpha value is -1.88. The van der Waals surface area contributed by atoms with Crippen LogP contribution >= 0.6 is 11.6 Å². The smallest absolute Gasteiger partial charge is 0.258 e. The van der Waals surface area contributed by atoms with Gasteiger partial charge >= 0.3 is 0 Å². The molecule has 0 aromatic heterocycles. The predicted octanol–water partition coefficient (Wildman–Crippen LogP) is 1.91. The van der Waals surface area contributed by atoms with Crippen LogP contribution in [0, 0.1) is 0 Å². The molecule has 1 amide bonds. The first-order valence-electron chi connectivity index (χ1n) is 6.19. The standard InChI is InChI=1S/C15H13ClN2O2/c16-11-6-7-12-13(8-11)15(20,18(9-17)14(12)19)10-4-2-1-3-5-10/h1-8,20H,9,17H2. The van der Waals surface area contributed by atoms with Gasteiger partial charge in [0.1, 0.15) is 0 Å². The number of rotatable bonds is 2. The number of hydrogen-bond donors (Lipinski definition) is 2. The molecule has 1 heterocycles. The molecule has 4 nitrogen and oxygen atoms in total. The van der Waals surface area contributed by atoms with Gasteiger partial charge in [0.25, 0.3) is 5.91 Å². The third-order valence-electron chi connectivity index (χ3n) is 3.58. The Labute approximate surface area is 121 Å². The molecule has 0 saturated heterocycles. The van der Waals surface area contributed by atoms with Gasteiger partial charge in [-0.2, -0.15) is 0 Å². The summed E-state index contributed by atoms with van der Waals surface area (Å²) in [6.07, 6.45) is 0. The molecule has 0 aliphatic carbocycles. The van der Waals surface area contributed by atoms with E-state index in [1.807, 2.05) is 6.07 Å². The van der Waals surface area contributed by atoms with E-state index in [0.29, 0.717) is 21.7 Å². The van der Waals surface area contributed by atoms with Gasteiger partial charge in [-0.1, -0.05) is 41.9 Å². The van der Waals surface area contributed by atoms with Gasteiger partial charge < -0.3 is 10.8 Å². The second kappa shape index (κ2) is 4.59. The minimum atomic E-state index is -1.58. The number of aliphatic hydroxyl groups is 1. The zero-order chi connectivity index (χ0) is 14.3. The number of fused-ring (bicyclic) bond motifs is 1. The summed E-state index contributed by atoms with van der Waals surface area (Å²) in [7, 11) is 0. The second-order valence-electron chi connectivity index (χ2n) is 4.64. The largest absolute Gasteiger partial charge is 0.363 e. The number of benzene rings is 2. The first-order valence-corrected chi connectivity index (χ1v) is 6.57. The van der Waals surface area contributed by atoms with Crippen LogP contribution in [0.4, 0.5) is 0 Å². The van der Waals surface area contributed by atoms with Crippen LogP contribution in [0.2, 0.25) is 5.02 Å². The highest BCUT2D eigenvalue weighted by Gasteiger charge is 2.49. The van der Waals surface area contributed by atoms with E-state index in [0.717, 1.165) is 0 Å². The Morgan fingerprint density at radius 3 is 2.55 bits per heavy atom. The summed E-state index contributed by atoms with van der Waals surface area (Å²) in [5, 5.41) is 11.6. The average molecular weight is 289 g/mol. The molecule has 1 unspecified atom stereocenters. The van der Waals surface area contributed by atoms with Gasteiger partial charge in [-0.05, 0) is 18.2 Å². The molecule has 2 aromatic carbocycles. The fourth-order valence-corrected chi connectivity index (χ4v) is 2.80. The minimum Gasteiger partial charge on any atom is -0.363 e. The SMILES string of the molecule is NCN1C(=O)c2ccc(Cl)cc2C1(O)c1ccccc1. The van der Waals surface area contributed by atoms with Crippen molar-refractivity contribution in [2.24, 2.45) is 5.73 Å². The van der Waals surface area contributed by atoms with E-state index in [2.05, 4.69) is 0 Å². The third-order valence-corrected chi connectivity index (χ3v) is 3.82. The first kappa shape index (κ1) is 13.1. The van der Waals surface area contributed by atoms with E-state index in [1.54, 1.807) is 42.5 Å². The number of nitrogens with zero attached hydrogens (tertiary/aromatic N) is 1. The van der Waals surface area contributed by atoms with E-state index in [-0.39, 0.29) is 12.6 Å². The number of nitrogens with two attached hydrogens (primary N) is 1. The Morgan fingerprint density at radius 2 is 1.90 bits per heavy atom. The molecule has 1 aliphatic heterocycles. The third kappa shape index (κ3) is 1.66. The monoisotopic (exact) mass is 288 g/mol. The van der Waals surface area contributed by atoms with Crippen LogP contribution in [-0.4, -0.2) is 22.6 Å². The van der Waals surface area contributed by atoms with Gasteiger partial charge in [0.05, 0.1) is 6.67 Å². The Kier molecular flexibility index (Phi) is 3.01. The van der Waals surface area contributed by atoms with Crippen molar-refractivity contribution in [3.8, 4) is 0 Å². The maximum atomic E-state index is 12.4. The average Bonchev–Trinajstić information content (AvgIpc) is 2.69. The lowest BCUT2D eigenvalue weighted by Crippen LogP contribution is -2.47. The number of hydrogen-bond acceptors (Lipinski definition) is 3. The molecular weight excluding hydrogens is 276 g/mol. The van der Waals surface area contributed by atoms with Crippen molar-refractivity contribution in [1.82, 2.24) is 4.90 Å². The zero-order valence-corrected chi connectivity index (χ0v) is 11.3. The van der Waals surface area contributed by atoms with Crippen LogP contribution < -0.4 is 5.73 Å². The summed E-state index contributed by atoms with van der Waals surface area (Å²) in [5.41, 5.74) is 5.56. The summed E-state index contributed by atoms with van der Waals surface area (Å²) in [6, 6.07) is 13.8. The first-order chi connectivity index (χ1) is 9.59. The van der Waals surface area contributed by atoms with E-state index < -0.39 is 5.72 Å². The molecule has 0 radical (unpaired) electrons. The highest BCUT2D eigenvalue weighted by molar-refractivity contribution is 6.30. The Bertz CT molecular complexity index is 675. The van der Waals surface area contributed by atoms with Crippen molar-refractivity contribution in [1.29, 1.82) is 0 Å². The van der Waals surface area contributed by atoms with Crippen molar-refractivity contribution in [3.05, 3.63) is 70.2 Å². The van der Waals surface area contributed by atoms with E-state index in [4.69, 9.17) is 17.3 Å². The van der Waals surface area contributed by atoms with Crippen LogP contribution in [0.25, 0.3) is 0 Å². The quantitative estimate of drug-likeness (QED) is 0.887. The number of carbonyl (C=O) groups is 1. The topological polar surface area (TPSA) is 66.6 Å². The molecule has 1 atom stereocenters. The number of amides is 1. The van der Waals surface area contributed by atoms with Gasteiger partial charge in [-0.25, -0.2) is 0 Å². The number of halogens is 1. The van der Waals surface area contributed by atoms with Crippen molar-refractivity contribution < 1.29 is 9.90 Å². The lowest BCUT2D eigenvalue weighted by atomic mass is 9.94. The van der Waals surface area contributed by atoms with Gasteiger partial charge in [-0.3, -0.25) is 9.69 Å². The Morgan fingerprint density at radius 1 is 1.20 bits per heavy atom. The van der Waals surface area contributed by atoms with E-state index in [1.165, 1.54) is 4.90 Å². The molecule has 1 aliphatic rings. The molecule has 3 N–H and O–H groups in total. The predicted molar refractivity (Wildman–Crippen MR) is 76.1 cm³/mol. The summed E-state index contributed by atoms with van der Waals surface area (Å²) in [5.74, 6) is -0.300. The van der Waals surface area contributed by atoms with Gasteiger partial charge in [0, 0.05) is 21.7 Å². The van der Waals surface area contributed by atoms with Crippen LogP contribution in [-0.2, 0) is 5.72 Å². The molecule has 3 rings (SSSR count). The van der Waals surface area contributed by atoms with Crippen molar-refractivity contribution >= 4 is 17.5 Å². The van der Waals surface area contributed by atoms with Crippen LogP contribution in [0.1, 0.15) is 21.5 Å². The maximum Gasteiger partial charge on any atom is 0.258 e. The van der Waals surface area contributed by atoms with Gasteiger partial charge in [0.2, 0.25) is 0 Å². The summed E-state index contributed by atoms with van der Waals surface area (Å²) in [6.45, 7) is -0.0868. The molecule has 102 valence electrons. The lowest BCUT2D eigenvalue weighted by Gasteiger charge is -2.33. The zero-order valence-electron chi connectivity index (χ0n) is 10.6. The molecule has 2 aromatic rings. The van der Waals surface area contributed by atoms with Gasteiger partial charge in [-0.15, -0.1) is 0 Å². The van der Waals surface area contributed by atoms with Crippen molar-refractivity contribution in [3.63, 3.8) is 0 Å². The number of carbonyl (C=O) groups excluding carboxylic acids is 1. The van der Waals surface area contributed by atoms with Crippen LogP contribution in [0.3, 0.4) is 0 Å². The molecule has 20 heavy (non-hydrogen) atoms. The molecular formula is C15H13ClN2O2. The molecule has 0 spiro atoms. The van der Waals surface area contributed by atoms with E-state index in [9.17, 15) is 9.90 Å². The second-order valence-corrected chi connectivity index (χ2v) is 5.08. The minimum absolute atomic E-state index is 0.0868. The van der Waals surface area contributed by atoms with Crippen molar-refractivity contribution in [2.75, 3.05) is 6.67 Å². The molecule has 0 fully saturated rings. The highest BCUT2D eigenvalue weighted by atomic mass is 35.5. The normalized spacial score (nSPS) is 21.1. The fraction of sp³-hybridized carbons (Fsp3) is 0.133. The Balaban J connectivity index is 2.29. The molecule has 0 saturated carbocycles. The van der Waals surface area contributed by atoms with Crippen LogP contribution in [0.5, 0.6) is 0 Å². The maximum absolute atomic E-state index is 12.4. The lowest BCUT2D eigenvalue weighted by molar-refractivity contribution is -0.0487. The van der Waals surface area contributed by atoms with E-state index >= 15 is 0 Å². The molecule has 5 heteroatoms. The fourth-order valence-electron chi connectivity index (χ4n) is 2.63. The molecule has 0 bridgehead atoms. The summed E-state index contributed by atoms with van der Waals surface area (Å²) >= 11 is 6.00. The van der Waals surface area contributed by atoms with Crippen molar-refractivity contribution in [2.45, 2.75) is 5.72 Å². The summed E-state index contributed by atoms with van der Waals surface area (Å²) in [4.78, 5) is 13.6. The van der Waals surface area contributed by atoms with Crippen LogP contribution in [0.15, 0.2) is 48.5 Å².